The first-order valence-corrected chi connectivity index (χ1v) is 11.0. The van der Waals surface area contributed by atoms with Crippen molar-refractivity contribution in [2.45, 2.75) is 71.4 Å². The van der Waals surface area contributed by atoms with E-state index < -0.39 is 0 Å². The highest BCUT2D eigenvalue weighted by Crippen LogP contribution is 2.61. The van der Waals surface area contributed by atoms with E-state index in [2.05, 4.69) is 22.3 Å². The van der Waals surface area contributed by atoms with Crippen LogP contribution in [0.3, 0.4) is 0 Å². The van der Waals surface area contributed by atoms with E-state index in [4.69, 9.17) is 0 Å². The van der Waals surface area contributed by atoms with Crippen molar-refractivity contribution in [2.75, 3.05) is 0 Å². The molecule has 4 fully saturated rings. The lowest BCUT2D eigenvalue weighted by Crippen LogP contribution is -2.55. The Morgan fingerprint density at radius 3 is 2.54 bits per heavy atom. The maximum Gasteiger partial charge on any atom is 0.275 e. The van der Waals surface area contributed by atoms with Gasteiger partial charge in [0.2, 0.25) is 4.96 Å². The maximum atomic E-state index is 12.3. The normalized spacial score (nSPS) is 33.8. The highest BCUT2D eigenvalue weighted by molar-refractivity contribution is 7.16. The van der Waals surface area contributed by atoms with Gasteiger partial charge in [0, 0.05) is 18.7 Å². The van der Waals surface area contributed by atoms with E-state index in [1.807, 2.05) is 6.92 Å². The molecule has 26 heavy (non-hydrogen) atoms. The first kappa shape index (κ1) is 16.9. The van der Waals surface area contributed by atoms with Crippen LogP contribution in [0, 0.1) is 30.1 Å². The van der Waals surface area contributed by atoms with E-state index in [-0.39, 0.29) is 5.56 Å². The van der Waals surface area contributed by atoms with Crippen LogP contribution in [0.25, 0.3) is 4.96 Å². The highest BCUT2D eigenvalue weighted by atomic mass is 32.1. The van der Waals surface area contributed by atoms with Crippen LogP contribution in [0.5, 0.6) is 0 Å². The SMILES string of the molecule is CC[C@@H](NCc1cc(=O)n2nc(C)sc2n1)C12CC3CC(CC(C3)C1)C2. The van der Waals surface area contributed by atoms with Gasteiger partial charge < -0.3 is 5.32 Å². The number of nitrogens with one attached hydrogen (secondary N) is 1. The molecule has 0 radical (unpaired) electrons. The summed E-state index contributed by atoms with van der Waals surface area (Å²) in [5.41, 5.74) is 1.27. The highest BCUT2D eigenvalue weighted by Gasteiger charge is 2.53. The second-order valence-corrected chi connectivity index (χ2v) is 10.2. The lowest BCUT2D eigenvalue weighted by atomic mass is 9.47. The second-order valence-electron chi connectivity index (χ2n) is 9.02. The number of rotatable bonds is 5. The van der Waals surface area contributed by atoms with E-state index in [1.54, 1.807) is 6.07 Å². The van der Waals surface area contributed by atoms with Gasteiger partial charge in [0.25, 0.3) is 5.56 Å². The Hall–Kier alpha value is -1.27. The molecule has 5 nitrogen and oxygen atoms in total. The summed E-state index contributed by atoms with van der Waals surface area (Å²) in [6.45, 7) is 4.91. The van der Waals surface area contributed by atoms with Gasteiger partial charge in [-0.05, 0) is 75.0 Å². The van der Waals surface area contributed by atoms with Crippen molar-refractivity contribution in [2.24, 2.45) is 23.2 Å². The number of aromatic nitrogens is 3. The maximum absolute atomic E-state index is 12.3. The number of aryl methyl sites for hydroxylation is 1. The van der Waals surface area contributed by atoms with E-state index in [1.165, 1.54) is 54.4 Å². The third-order valence-electron chi connectivity index (χ3n) is 7.16. The zero-order valence-electron chi connectivity index (χ0n) is 15.7. The van der Waals surface area contributed by atoms with Gasteiger partial charge in [-0.25, -0.2) is 4.98 Å². The molecule has 2 heterocycles. The molecule has 4 saturated carbocycles. The third kappa shape index (κ3) is 2.73. The first-order valence-electron chi connectivity index (χ1n) is 10.1. The summed E-state index contributed by atoms with van der Waals surface area (Å²) in [6, 6.07) is 2.19. The quantitative estimate of drug-likeness (QED) is 0.872. The van der Waals surface area contributed by atoms with E-state index in [9.17, 15) is 4.79 Å². The average molecular weight is 373 g/mol. The molecule has 0 saturated heterocycles. The molecule has 6 rings (SSSR count). The van der Waals surface area contributed by atoms with Gasteiger partial charge in [-0.1, -0.05) is 18.3 Å². The summed E-state index contributed by atoms with van der Waals surface area (Å²) < 4.78 is 1.42. The number of fused-ring (bicyclic) bond motifs is 1. The molecule has 1 N–H and O–H groups in total. The third-order valence-corrected chi connectivity index (χ3v) is 7.99. The van der Waals surface area contributed by atoms with Crippen LogP contribution in [0.15, 0.2) is 10.9 Å². The van der Waals surface area contributed by atoms with Gasteiger partial charge in [0.1, 0.15) is 5.01 Å². The lowest BCUT2D eigenvalue weighted by Gasteiger charge is -2.59. The molecule has 140 valence electrons. The standard InChI is InChI=1S/C20H28N4OS/c1-3-17(20-8-13-4-14(9-20)6-15(5-13)10-20)21-11-16-7-18(25)24-19(22-16)26-12(2)23-24/h7,13-15,17,21H,3-6,8-11H2,1-2H3/t13?,14?,15?,17-,20?/m1/s1. The lowest BCUT2D eigenvalue weighted by molar-refractivity contribution is -0.0748. The predicted octanol–water partition coefficient (Wildman–Crippen LogP) is 3.54. The molecule has 4 bridgehead atoms. The Kier molecular flexibility index (Phi) is 3.98. The number of hydrogen-bond acceptors (Lipinski definition) is 5. The molecule has 0 spiro atoms. The van der Waals surface area contributed by atoms with Crippen molar-refractivity contribution in [3.05, 3.63) is 27.1 Å². The van der Waals surface area contributed by atoms with Crippen molar-refractivity contribution < 1.29 is 0 Å². The Labute approximate surface area is 158 Å². The Morgan fingerprint density at radius 2 is 1.92 bits per heavy atom. The molecule has 4 aliphatic rings. The van der Waals surface area contributed by atoms with Crippen LogP contribution >= 0.6 is 11.3 Å². The van der Waals surface area contributed by atoms with Gasteiger partial charge in [0.15, 0.2) is 0 Å². The molecule has 2 aromatic rings. The van der Waals surface area contributed by atoms with Crippen molar-refractivity contribution >= 4 is 16.3 Å². The summed E-state index contributed by atoms with van der Waals surface area (Å²) in [7, 11) is 0. The van der Waals surface area contributed by atoms with Crippen LogP contribution in [-0.4, -0.2) is 20.6 Å². The van der Waals surface area contributed by atoms with E-state index >= 15 is 0 Å². The summed E-state index contributed by atoms with van der Waals surface area (Å²) >= 11 is 1.48. The van der Waals surface area contributed by atoms with Crippen LogP contribution < -0.4 is 10.9 Å². The Morgan fingerprint density at radius 1 is 1.27 bits per heavy atom. The van der Waals surface area contributed by atoms with Crippen LogP contribution in [-0.2, 0) is 6.54 Å². The smallest absolute Gasteiger partial charge is 0.275 e. The van der Waals surface area contributed by atoms with Crippen molar-refractivity contribution in [3.8, 4) is 0 Å². The van der Waals surface area contributed by atoms with Gasteiger partial charge in [-0.2, -0.15) is 9.61 Å². The molecular weight excluding hydrogens is 344 g/mol. The summed E-state index contributed by atoms with van der Waals surface area (Å²) in [4.78, 5) is 17.7. The molecule has 2 aromatic heterocycles. The molecule has 0 amide bonds. The summed E-state index contributed by atoms with van der Waals surface area (Å²) in [5.74, 6) is 2.91. The molecule has 1 atom stereocenters. The minimum atomic E-state index is -0.0704. The van der Waals surface area contributed by atoms with Gasteiger partial charge in [0.05, 0.1) is 5.69 Å². The predicted molar refractivity (Wildman–Crippen MR) is 103 cm³/mol. The minimum Gasteiger partial charge on any atom is -0.308 e. The molecule has 0 aliphatic heterocycles. The summed E-state index contributed by atoms with van der Waals surface area (Å²) in [6.07, 6.45) is 9.84. The summed E-state index contributed by atoms with van der Waals surface area (Å²) in [5, 5.41) is 8.92. The average Bonchev–Trinajstić information content (AvgIpc) is 2.95. The molecule has 4 aliphatic carbocycles. The fraction of sp³-hybridized carbons (Fsp3) is 0.750. The van der Waals surface area contributed by atoms with Crippen molar-refractivity contribution in [3.63, 3.8) is 0 Å². The van der Waals surface area contributed by atoms with Gasteiger partial charge in [-0.15, -0.1) is 0 Å². The molecule has 0 aromatic carbocycles. The van der Waals surface area contributed by atoms with Gasteiger partial charge in [-0.3, -0.25) is 4.79 Å². The fourth-order valence-corrected chi connectivity index (χ4v) is 7.44. The monoisotopic (exact) mass is 372 g/mol. The van der Waals surface area contributed by atoms with Crippen LogP contribution in [0.4, 0.5) is 0 Å². The van der Waals surface area contributed by atoms with E-state index in [0.717, 1.165) is 34.9 Å². The zero-order valence-corrected chi connectivity index (χ0v) is 16.5. The molecular formula is C20H28N4OS. The minimum absolute atomic E-state index is 0.0704. The number of hydrogen-bond donors (Lipinski definition) is 1. The fourth-order valence-electron chi connectivity index (χ4n) is 6.67. The van der Waals surface area contributed by atoms with Crippen molar-refractivity contribution in [1.82, 2.24) is 19.9 Å². The number of nitrogens with zero attached hydrogens (tertiary/aromatic N) is 3. The Bertz CT molecular complexity index is 850. The Balaban J connectivity index is 1.36. The van der Waals surface area contributed by atoms with E-state index in [0.29, 0.717) is 23.0 Å². The zero-order chi connectivity index (χ0) is 17.9. The van der Waals surface area contributed by atoms with Gasteiger partial charge >= 0.3 is 0 Å². The molecule has 0 unspecified atom stereocenters. The topological polar surface area (TPSA) is 59.3 Å². The van der Waals surface area contributed by atoms with Crippen LogP contribution in [0.2, 0.25) is 0 Å². The first-order chi connectivity index (χ1) is 12.5. The molecule has 6 heteroatoms. The largest absolute Gasteiger partial charge is 0.308 e. The second kappa shape index (κ2) is 6.13. The van der Waals surface area contributed by atoms with Crippen molar-refractivity contribution in [1.29, 1.82) is 0 Å². The van der Waals surface area contributed by atoms with Crippen LogP contribution in [0.1, 0.15) is 62.6 Å².